The molecule has 2 N–H and O–H groups in total. The van der Waals surface area contributed by atoms with Gasteiger partial charge in [0.25, 0.3) is 0 Å². The largest absolute Gasteiger partial charge is 0.324 e. The van der Waals surface area contributed by atoms with Crippen molar-refractivity contribution in [3.05, 3.63) is 29.3 Å². The van der Waals surface area contributed by atoms with E-state index in [4.69, 9.17) is 11.6 Å². The first kappa shape index (κ1) is 16.1. The molecule has 1 fully saturated rings. The van der Waals surface area contributed by atoms with Crippen molar-refractivity contribution in [2.24, 2.45) is 5.92 Å². The van der Waals surface area contributed by atoms with Gasteiger partial charge in [-0.15, -0.1) is 0 Å². The minimum Gasteiger partial charge on any atom is -0.324 e. The average Bonchev–Trinajstić information content (AvgIpc) is 2.48. The molecule has 1 heterocycles. The molecule has 0 aliphatic carbocycles. The minimum absolute atomic E-state index is 0.0300. The zero-order valence-corrected chi connectivity index (χ0v) is 13.3. The van der Waals surface area contributed by atoms with E-state index in [2.05, 4.69) is 17.6 Å². The molecule has 1 aromatic rings. The first-order chi connectivity index (χ1) is 10.2. The van der Waals surface area contributed by atoms with Gasteiger partial charge in [0.1, 0.15) is 0 Å². The number of rotatable bonds is 5. The van der Waals surface area contributed by atoms with Crippen molar-refractivity contribution < 1.29 is 4.79 Å². The maximum Gasteiger partial charge on any atom is 0.321 e. The highest BCUT2D eigenvalue weighted by Gasteiger charge is 2.20. The summed E-state index contributed by atoms with van der Waals surface area (Å²) in [5.74, 6) is 0.600. The number of amides is 2. The number of nitrogens with one attached hydrogen (secondary N) is 2. The van der Waals surface area contributed by atoms with Crippen molar-refractivity contribution in [2.45, 2.75) is 26.2 Å². The summed E-state index contributed by atoms with van der Waals surface area (Å²) >= 11 is 5.95. The smallest absolute Gasteiger partial charge is 0.321 e. The molecule has 1 saturated heterocycles. The molecule has 4 nitrogen and oxygen atoms in total. The van der Waals surface area contributed by atoms with Crippen LogP contribution in [-0.4, -0.2) is 37.1 Å². The van der Waals surface area contributed by atoms with Crippen molar-refractivity contribution in [1.82, 2.24) is 10.2 Å². The van der Waals surface area contributed by atoms with Gasteiger partial charge in [-0.1, -0.05) is 24.6 Å². The molecule has 21 heavy (non-hydrogen) atoms. The van der Waals surface area contributed by atoms with E-state index in [1.807, 2.05) is 17.0 Å². The molecular weight excluding hydrogens is 286 g/mol. The highest BCUT2D eigenvalue weighted by molar-refractivity contribution is 6.30. The second kappa shape index (κ2) is 8.25. The maximum atomic E-state index is 12.4. The Balaban J connectivity index is 1.94. The third-order valence-corrected chi connectivity index (χ3v) is 4.03. The van der Waals surface area contributed by atoms with E-state index in [9.17, 15) is 4.79 Å². The number of piperidine rings is 1. The van der Waals surface area contributed by atoms with Gasteiger partial charge in [-0.3, -0.25) is 0 Å². The second-order valence-electron chi connectivity index (χ2n) is 5.58. The molecule has 0 bridgehead atoms. The van der Waals surface area contributed by atoms with Gasteiger partial charge in [0.2, 0.25) is 0 Å². The number of hydrogen-bond donors (Lipinski definition) is 2. The van der Waals surface area contributed by atoms with Gasteiger partial charge < -0.3 is 15.5 Å². The molecule has 0 unspecified atom stereocenters. The Hall–Kier alpha value is -1.26. The maximum absolute atomic E-state index is 12.4. The van der Waals surface area contributed by atoms with Crippen LogP contribution in [0.1, 0.15) is 26.2 Å². The van der Waals surface area contributed by atoms with E-state index in [-0.39, 0.29) is 6.03 Å². The van der Waals surface area contributed by atoms with Crippen molar-refractivity contribution in [3.8, 4) is 0 Å². The predicted molar refractivity (Wildman–Crippen MR) is 87.9 cm³/mol. The Labute approximate surface area is 131 Å². The summed E-state index contributed by atoms with van der Waals surface area (Å²) in [6, 6.07) is 7.25. The fourth-order valence-corrected chi connectivity index (χ4v) is 2.88. The number of nitrogens with zero attached hydrogens (tertiary/aromatic N) is 1. The minimum atomic E-state index is -0.0300. The number of anilines is 1. The van der Waals surface area contributed by atoms with E-state index in [0.29, 0.717) is 10.9 Å². The molecule has 0 spiro atoms. The van der Waals surface area contributed by atoms with E-state index < -0.39 is 0 Å². The molecule has 5 heteroatoms. The second-order valence-corrected chi connectivity index (χ2v) is 6.02. The van der Waals surface area contributed by atoms with Gasteiger partial charge in [0.05, 0.1) is 0 Å². The lowest BCUT2D eigenvalue weighted by Crippen LogP contribution is -2.41. The number of urea groups is 1. The van der Waals surface area contributed by atoms with Crippen LogP contribution in [0.5, 0.6) is 0 Å². The number of hydrogen-bond acceptors (Lipinski definition) is 2. The van der Waals surface area contributed by atoms with Crippen molar-refractivity contribution >= 4 is 23.3 Å². The van der Waals surface area contributed by atoms with Crippen molar-refractivity contribution in [2.75, 3.05) is 31.5 Å². The lowest BCUT2D eigenvalue weighted by atomic mass is 9.97. The summed E-state index contributed by atoms with van der Waals surface area (Å²) in [7, 11) is 0. The number of halogens is 1. The molecular formula is C16H24ClN3O. The van der Waals surface area contributed by atoms with E-state index in [1.165, 1.54) is 0 Å². The third kappa shape index (κ3) is 5.21. The van der Waals surface area contributed by atoms with Crippen LogP contribution in [0, 0.1) is 5.92 Å². The van der Waals surface area contributed by atoms with E-state index >= 15 is 0 Å². The highest BCUT2D eigenvalue weighted by Crippen LogP contribution is 2.17. The SMILES string of the molecule is CCCN(CC1CCNCC1)C(=O)Nc1cccc(Cl)c1. The number of carbonyl (C=O) groups excluding carboxylic acids is 1. The Morgan fingerprint density at radius 3 is 2.86 bits per heavy atom. The number of carbonyl (C=O) groups is 1. The Morgan fingerprint density at radius 2 is 2.19 bits per heavy atom. The van der Waals surface area contributed by atoms with E-state index in [0.717, 1.165) is 51.1 Å². The van der Waals surface area contributed by atoms with Crippen LogP contribution in [0.3, 0.4) is 0 Å². The van der Waals surface area contributed by atoms with Crippen molar-refractivity contribution in [3.63, 3.8) is 0 Å². The predicted octanol–water partition coefficient (Wildman–Crippen LogP) is 3.58. The summed E-state index contributed by atoms with van der Waals surface area (Å²) < 4.78 is 0. The average molecular weight is 310 g/mol. The van der Waals surface area contributed by atoms with E-state index in [1.54, 1.807) is 12.1 Å². The first-order valence-electron chi connectivity index (χ1n) is 7.71. The lowest BCUT2D eigenvalue weighted by molar-refractivity contribution is 0.192. The van der Waals surface area contributed by atoms with Gasteiger partial charge in [-0.25, -0.2) is 4.79 Å². The molecule has 1 aliphatic heterocycles. The van der Waals surface area contributed by atoms with Gasteiger partial charge in [-0.05, 0) is 56.5 Å². The van der Waals surface area contributed by atoms with Crippen LogP contribution in [-0.2, 0) is 0 Å². The molecule has 0 radical (unpaired) electrons. The van der Waals surface area contributed by atoms with Crippen LogP contribution in [0.4, 0.5) is 10.5 Å². The highest BCUT2D eigenvalue weighted by atomic mass is 35.5. The fraction of sp³-hybridized carbons (Fsp3) is 0.562. The fourth-order valence-electron chi connectivity index (χ4n) is 2.69. The van der Waals surface area contributed by atoms with Crippen LogP contribution < -0.4 is 10.6 Å². The quantitative estimate of drug-likeness (QED) is 0.873. The van der Waals surface area contributed by atoms with Crippen LogP contribution >= 0.6 is 11.6 Å². The lowest BCUT2D eigenvalue weighted by Gasteiger charge is -2.30. The summed E-state index contributed by atoms with van der Waals surface area (Å²) in [6.07, 6.45) is 3.25. The molecule has 0 aromatic heterocycles. The molecule has 116 valence electrons. The molecule has 2 rings (SSSR count). The van der Waals surface area contributed by atoms with Crippen LogP contribution in [0.25, 0.3) is 0 Å². The molecule has 1 aromatic carbocycles. The Morgan fingerprint density at radius 1 is 1.43 bits per heavy atom. The zero-order valence-electron chi connectivity index (χ0n) is 12.6. The molecule has 1 aliphatic rings. The number of benzene rings is 1. The van der Waals surface area contributed by atoms with Crippen LogP contribution in [0.2, 0.25) is 5.02 Å². The van der Waals surface area contributed by atoms with Crippen molar-refractivity contribution in [1.29, 1.82) is 0 Å². The summed E-state index contributed by atoms with van der Waals surface area (Å²) in [5.41, 5.74) is 0.749. The Bertz CT molecular complexity index is 461. The molecule has 2 amide bonds. The first-order valence-corrected chi connectivity index (χ1v) is 8.09. The van der Waals surface area contributed by atoms with Gasteiger partial charge in [0.15, 0.2) is 0 Å². The summed E-state index contributed by atoms with van der Waals surface area (Å²) in [6.45, 7) is 5.83. The zero-order chi connectivity index (χ0) is 15.1. The van der Waals surface area contributed by atoms with Gasteiger partial charge in [-0.2, -0.15) is 0 Å². The van der Waals surface area contributed by atoms with Gasteiger partial charge >= 0.3 is 6.03 Å². The van der Waals surface area contributed by atoms with Crippen LogP contribution in [0.15, 0.2) is 24.3 Å². The molecule has 0 atom stereocenters. The normalized spacial score (nSPS) is 15.7. The summed E-state index contributed by atoms with van der Waals surface area (Å²) in [5, 5.41) is 6.94. The standard InChI is InChI=1S/C16H24ClN3O/c1-2-10-20(12-13-6-8-18-9-7-13)16(21)19-15-5-3-4-14(17)11-15/h3-5,11,13,18H,2,6-10,12H2,1H3,(H,19,21). The Kier molecular flexibility index (Phi) is 6.33. The summed E-state index contributed by atoms with van der Waals surface area (Å²) in [4.78, 5) is 14.4. The molecule has 0 saturated carbocycles. The third-order valence-electron chi connectivity index (χ3n) is 3.79. The topological polar surface area (TPSA) is 44.4 Å². The van der Waals surface area contributed by atoms with Gasteiger partial charge in [0, 0.05) is 23.8 Å². The monoisotopic (exact) mass is 309 g/mol.